The first-order chi connectivity index (χ1) is 11.5. The molecule has 0 bridgehead atoms. The predicted octanol–water partition coefficient (Wildman–Crippen LogP) is 5.29. The number of aryl methyl sites for hydroxylation is 1. The summed E-state index contributed by atoms with van der Waals surface area (Å²) in [6.45, 7) is 4.24. The molecule has 2 heterocycles. The fourth-order valence-corrected chi connectivity index (χ4v) is 3.49. The molecule has 0 saturated heterocycles. The molecule has 0 aliphatic heterocycles. The zero-order valence-corrected chi connectivity index (χ0v) is 15.4. The highest BCUT2D eigenvalue weighted by Gasteiger charge is 2.22. The molecule has 0 aliphatic rings. The highest BCUT2D eigenvalue weighted by molar-refractivity contribution is 9.10. The number of hydrogen-bond acceptors (Lipinski definition) is 2. The molecule has 0 radical (unpaired) electrons. The van der Waals surface area contributed by atoms with Gasteiger partial charge in [-0.25, -0.2) is 0 Å². The summed E-state index contributed by atoms with van der Waals surface area (Å²) in [5.74, 6) is 0.116. The lowest BCUT2D eigenvalue weighted by Gasteiger charge is -2.07. The average molecular weight is 386 g/mol. The number of aromatic hydroxyl groups is 1. The van der Waals surface area contributed by atoms with Gasteiger partial charge in [0.15, 0.2) is 0 Å². The maximum absolute atomic E-state index is 13.2. The molecular formula is C20H20BrNO2. The van der Waals surface area contributed by atoms with E-state index in [2.05, 4.69) is 29.8 Å². The van der Waals surface area contributed by atoms with E-state index >= 15 is 0 Å². The first-order valence-electron chi connectivity index (χ1n) is 8.16. The third-order valence-electron chi connectivity index (χ3n) is 4.43. The zero-order valence-electron chi connectivity index (χ0n) is 13.8. The van der Waals surface area contributed by atoms with Crippen LogP contribution in [0.25, 0.3) is 5.52 Å². The fourth-order valence-electron chi connectivity index (χ4n) is 3.11. The van der Waals surface area contributed by atoms with Crippen molar-refractivity contribution in [1.29, 1.82) is 0 Å². The minimum Gasteiger partial charge on any atom is -0.507 e. The topological polar surface area (TPSA) is 41.7 Å². The van der Waals surface area contributed by atoms with Gasteiger partial charge in [0.2, 0.25) is 5.78 Å². The van der Waals surface area contributed by atoms with Crippen LogP contribution in [-0.4, -0.2) is 15.3 Å². The van der Waals surface area contributed by atoms with Crippen molar-refractivity contribution in [2.45, 2.75) is 33.1 Å². The Hall–Kier alpha value is -2.07. The molecule has 2 aromatic heterocycles. The van der Waals surface area contributed by atoms with Gasteiger partial charge in [0, 0.05) is 17.3 Å². The van der Waals surface area contributed by atoms with E-state index in [0.29, 0.717) is 10.0 Å². The van der Waals surface area contributed by atoms with Gasteiger partial charge < -0.3 is 9.51 Å². The Morgan fingerprint density at radius 3 is 2.75 bits per heavy atom. The Morgan fingerprint density at radius 2 is 2.04 bits per heavy atom. The van der Waals surface area contributed by atoms with Crippen molar-refractivity contribution >= 4 is 27.2 Å². The van der Waals surface area contributed by atoms with E-state index in [-0.39, 0.29) is 11.5 Å². The summed E-state index contributed by atoms with van der Waals surface area (Å²) < 4.78 is 2.52. The number of halogens is 1. The molecule has 1 aromatic carbocycles. The van der Waals surface area contributed by atoms with Crippen molar-refractivity contribution in [2.24, 2.45) is 0 Å². The minimum atomic E-state index is -0.0175. The molecule has 3 nitrogen and oxygen atoms in total. The third-order valence-corrected chi connectivity index (χ3v) is 5.06. The van der Waals surface area contributed by atoms with Crippen LogP contribution in [0.3, 0.4) is 0 Å². The van der Waals surface area contributed by atoms with Gasteiger partial charge in [-0.05, 0) is 77.2 Å². The van der Waals surface area contributed by atoms with E-state index in [0.717, 1.165) is 36.0 Å². The molecule has 4 heteroatoms. The normalized spacial score (nSPS) is 11.1. The molecule has 1 N–H and O–H groups in total. The van der Waals surface area contributed by atoms with Crippen LogP contribution in [0.4, 0.5) is 0 Å². The summed E-state index contributed by atoms with van der Waals surface area (Å²) in [5.41, 5.74) is 4.67. The lowest BCUT2D eigenvalue weighted by molar-refractivity contribution is 0.103. The molecule has 24 heavy (non-hydrogen) atoms. The lowest BCUT2D eigenvalue weighted by Crippen LogP contribution is -2.08. The number of carbonyl (C=O) groups is 1. The van der Waals surface area contributed by atoms with Gasteiger partial charge >= 0.3 is 0 Å². The van der Waals surface area contributed by atoms with Gasteiger partial charge in [0.1, 0.15) is 5.75 Å². The predicted molar refractivity (Wildman–Crippen MR) is 100.0 cm³/mol. The van der Waals surface area contributed by atoms with Gasteiger partial charge in [-0.1, -0.05) is 19.4 Å². The first-order valence-corrected chi connectivity index (χ1v) is 8.95. The number of aromatic nitrogens is 1. The number of fused-ring (bicyclic) bond motifs is 1. The van der Waals surface area contributed by atoms with Crippen molar-refractivity contribution in [3.05, 3.63) is 69.5 Å². The number of unbranched alkanes of at least 4 members (excludes halogenated alkanes) is 1. The van der Waals surface area contributed by atoms with Crippen LogP contribution in [0.2, 0.25) is 0 Å². The summed E-state index contributed by atoms with van der Waals surface area (Å²) >= 11 is 3.29. The second-order valence-corrected chi connectivity index (χ2v) is 6.86. The molecule has 0 saturated carbocycles. The average Bonchev–Trinajstić information content (AvgIpc) is 2.87. The molecule has 0 amide bonds. The van der Waals surface area contributed by atoms with Gasteiger partial charge in [-0.15, -0.1) is 0 Å². The van der Waals surface area contributed by atoms with Gasteiger partial charge in [-0.3, -0.25) is 4.79 Å². The Labute approximate surface area is 150 Å². The first kappa shape index (κ1) is 16.8. The number of ketones is 1. The number of phenols is 1. The van der Waals surface area contributed by atoms with E-state index < -0.39 is 0 Å². The Bertz CT molecular complexity index is 911. The van der Waals surface area contributed by atoms with Crippen LogP contribution in [-0.2, 0) is 6.42 Å². The van der Waals surface area contributed by atoms with Crippen LogP contribution in [0.1, 0.15) is 46.9 Å². The maximum atomic E-state index is 13.2. The molecule has 124 valence electrons. The van der Waals surface area contributed by atoms with E-state index in [4.69, 9.17) is 0 Å². The Morgan fingerprint density at radius 1 is 1.25 bits per heavy atom. The summed E-state index contributed by atoms with van der Waals surface area (Å²) in [6.07, 6.45) is 4.98. The Balaban J connectivity index is 2.19. The standard InChI is InChI=1S/C20H20BrNO2/c1-3-4-7-15-13(2)17-8-5-6-11-22(17)19(15)20(24)14-9-10-18(23)16(21)12-14/h5-6,8-12,23H,3-4,7H2,1-2H3. The summed E-state index contributed by atoms with van der Waals surface area (Å²) in [7, 11) is 0. The quantitative estimate of drug-likeness (QED) is 0.606. The van der Waals surface area contributed by atoms with Crippen molar-refractivity contribution in [3.8, 4) is 5.75 Å². The smallest absolute Gasteiger partial charge is 0.210 e. The molecule has 0 spiro atoms. The van der Waals surface area contributed by atoms with Crippen LogP contribution < -0.4 is 0 Å². The van der Waals surface area contributed by atoms with Gasteiger partial charge in [-0.2, -0.15) is 0 Å². The van der Waals surface area contributed by atoms with Crippen LogP contribution in [0.15, 0.2) is 47.1 Å². The van der Waals surface area contributed by atoms with E-state index in [9.17, 15) is 9.90 Å². The monoisotopic (exact) mass is 385 g/mol. The fraction of sp³-hybridized carbons (Fsp3) is 0.250. The highest BCUT2D eigenvalue weighted by Crippen LogP contribution is 2.29. The highest BCUT2D eigenvalue weighted by atomic mass is 79.9. The van der Waals surface area contributed by atoms with Crippen LogP contribution in [0.5, 0.6) is 5.75 Å². The van der Waals surface area contributed by atoms with Crippen molar-refractivity contribution < 1.29 is 9.90 Å². The van der Waals surface area contributed by atoms with Gasteiger partial charge in [0.05, 0.1) is 10.2 Å². The molecule has 3 aromatic rings. The molecule has 0 unspecified atom stereocenters. The Kier molecular flexibility index (Phi) is 4.76. The molecular weight excluding hydrogens is 366 g/mol. The van der Waals surface area contributed by atoms with Crippen molar-refractivity contribution in [2.75, 3.05) is 0 Å². The number of benzene rings is 1. The van der Waals surface area contributed by atoms with Gasteiger partial charge in [0.25, 0.3) is 0 Å². The van der Waals surface area contributed by atoms with Crippen molar-refractivity contribution in [1.82, 2.24) is 4.40 Å². The number of pyridine rings is 1. The molecule has 0 fully saturated rings. The number of rotatable bonds is 5. The zero-order chi connectivity index (χ0) is 17.3. The summed E-state index contributed by atoms with van der Waals surface area (Å²) in [4.78, 5) is 13.2. The van der Waals surface area contributed by atoms with Crippen molar-refractivity contribution in [3.63, 3.8) is 0 Å². The third kappa shape index (κ3) is 2.86. The largest absolute Gasteiger partial charge is 0.507 e. The summed E-state index contributed by atoms with van der Waals surface area (Å²) in [6, 6.07) is 10.9. The number of phenolic OH excluding ortho intramolecular Hbond substituents is 1. The molecule has 0 aliphatic carbocycles. The number of nitrogens with zero attached hydrogens (tertiary/aromatic N) is 1. The number of hydrogen-bond donors (Lipinski definition) is 1. The van der Waals surface area contributed by atoms with Crippen LogP contribution >= 0.6 is 15.9 Å². The second-order valence-electron chi connectivity index (χ2n) is 6.01. The summed E-state index contributed by atoms with van der Waals surface area (Å²) in [5, 5.41) is 9.68. The maximum Gasteiger partial charge on any atom is 0.210 e. The SMILES string of the molecule is CCCCc1c(C)c2ccccn2c1C(=O)c1ccc(O)c(Br)c1. The second kappa shape index (κ2) is 6.81. The number of carbonyl (C=O) groups excluding carboxylic acids is 1. The van der Waals surface area contributed by atoms with Crippen LogP contribution in [0, 0.1) is 6.92 Å². The minimum absolute atomic E-state index is 0.0175. The van der Waals surface area contributed by atoms with E-state index in [1.54, 1.807) is 18.2 Å². The molecule has 0 atom stereocenters. The molecule has 3 rings (SSSR count). The van der Waals surface area contributed by atoms with E-state index in [1.807, 2.05) is 28.8 Å². The lowest BCUT2D eigenvalue weighted by atomic mass is 9.99. The van der Waals surface area contributed by atoms with E-state index in [1.165, 1.54) is 5.56 Å².